The van der Waals surface area contributed by atoms with Crippen LogP contribution in [0.1, 0.15) is 20.3 Å². The lowest BCUT2D eigenvalue weighted by Gasteiger charge is -2.08. The molecule has 0 saturated carbocycles. The number of likely N-dealkylation sites (N-methyl/N-ethyl adjacent to an activating group) is 1. The van der Waals surface area contributed by atoms with Crippen molar-refractivity contribution in [1.82, 2.24) is 19.9 Å². The smallest absolute Gasteiger partial charge is 0.261 e. The number of nitrogens with one attached hydrogen (secondary N) is 2. The molecule has 2 heterocycles. The minimum absolute atomic E-state index is 0.0380. The van der Waals surface area contributed by atoms with Crippen molar-refractivity contribution in [1.29, 1.82) is 0 Å². The molecule has 0 fully saturated rings. The van der Waals surface area contributed by atoms with Gasteiger partial charge in [0, 0.05) is 18.3 Å². The maximum atomic E-state index is 12.6. The van der Waals surface area contributed by atoms with Crippen LogP contribution >= 0.6 is 0 Å². The molecule has 1 amide bonds. The van der Waals surface area contributed by atoms with Crippen molar-refractivity contribution in [2.75, 3.05) is 18.4 Å². The number of amides is 1. The van der Waals surface area contributed by atoms with Crippen LogP contribution in [0.5, 0.6) is 0 Å². The van der Waals surface area contributed by atoms with Gasteiger partial charge < -0.3 is 10.6 Å². The molecule has 0 atom stereocenters. The number of aromatic nitrogens is 3. The number of hydrogen-bond donors (Lipinski definition) is 2. The molecular formula is C20H23N5O2. The number of pyridine rings is 1. The van der Waals surface area contributed by atoms with Gasteiger partial charge in [-0.2, -0.15) is 0 Å². The van der Waals surface area contributed by atoms with Gasteiger partial charge in [-0.25, -0.2) is 9.97 Å². The summed E-state index contributed by atoms with van der Waals surface area (Å²) in [5, 5.41) is 6.29. The quantitative estimate of drug-likeness (QED) is 0.671. The third kappa shape index (κ3) is 4.38. The summed E-state index contributed by atoms with van der Waals surface area (Å²) in [7, 11) is 0. The van der Waals surface area contributed by atoms with Gasteiger partial charge in [0.2, 0.25) is 5.91 Å². The lowest BCUT2D eigenvalue weighted by molar-refractivity contribution is -0.115. The fraction of sp³-hybridized carbons (Fsp3) is 0.300. The second-order valence-corrected chi connectivity index (χ2v) is 6.24. The minimum Gasteiger partial charge on any atom is -0.310 e. The van der Waals surface area contributed by atoms with Gasteiger partial charge in [0.05, 0.1) is 23.8 Å². The molecule has 7 nitrogen and oxygen atoms in total. The number of hydrogen-bond acceptors (Lipinski definition) is 5. The molecule has 3 rings (SSSR count). The zero-order valence-electron chi connectivity index (χ0n) is 15.5. The zero-order chi connectivity index (χ0) is 19.2. The van der Waals surface area contributed by atoms with Crippen molar-refractivity contribution in [3.05, 3.63) is 53.2 Å². The van der Waals surface area contributed by atoms with E-state index in [1.807, 2.05) is 38.1 Å². The Hall–Kier alpha value is -3.06. The molecular weight excluding hydrogens is 342 g/mol. The van der Waals surface area contributed by atoms with Crippen molar-refractivity contribution in [2.45, 2.75) is 26.8 Å². The normalized spacial score (nSPS) is 10.9. The van der Waals surface area contributed by atoms with Gasteiger partial charge in [-0.05, 0) is 42.8 Å². The zero-order valence-corrected chi connectivity index (χ0v) is 15.5. The summed E-state index contributed by atoms with van der Waals surface area (Å²) < 4.78 is 1.63. The molecule has 7 heteroatoms. The van der Waals surface area contributed by atoms with E-state index in [-0.39, 0.29) is 18.0 Å². The third-order valence-electron chi connectivity index (χ3n) is 4.19. The third-order valence-corrected chi connectivity index (χ3v) is 4.19. The SMILES string of the molecule is CCCn1cnc2ccc(-c3ccc(NC(=O)CNCC)nc3)cc2c1=O. The molecule has 0 unspecified atom stereocenters. The van der Waals surface area contributed by atoms with Crippen LogP contribution in [0, 0.1) is 0 Å². The molecule has 0 spiro atoms. The van der Waals surface area contributed by atoms with Gasteiger partial charge in [0.15, 0.2) is 0 Å². The highest BCUT2D eigenvalue weighted by Gasteiger charge is 2.07. The summed E-state index contributed by atoms with van der Waals surface area (Å²) in [4.78, 5) is 33.0. The molecule has 140 valence electrons. The van der Waals surface area contributed by atoms with Crippen LogP contribution in [-0.2, 0) is 11.3 Å². The lowest BCUT2D eigenvalue weighted by atomic mass is 10.1. The van der Waals surface area contributed by atoms with Gasteiger partial charge in [-0.1, -0.05) is 19.9 Å². The highest BCUT2D eigenvalue weighted by molar-refractivity contribution is 5.91. The lowest BCUT2D eigenvalue weighted by Crippen LogP contribution is -2.28. The van der Waals surface area contributed by atoms with E-state index in [1.54, 1.807) is 23.2 Å². The number of anilines is 1. The van der Waals surface area contributed by atoms with E-state index in [0.717, 1.165) is 24.1 Å². The van der Waals surface area contributed by atoms with Crippen molar-refractivity contribution in [3.8, 4) is 11.1 Å². The van der Waals surface area contributed by atoms with E-state index >= 15 is 0 Å². The van der Waals surface area contributed by atoms with Crippen molar-refractivity contribution < 1.29 is 4.79 Å². The Labute approximate surface area is 157 Å². The molecule has 0 bridgehead atoms. The first kappa shape index (κ1) is 18.7. The average molecular weight is 365 g/mol. The van der Waals surface area contributed by atoms with Gasteiger partial charge in [0.25, 0.3) is 5.56 Å². The van der Waals surface area contributed by atoms with Crippen LogP contribution in [-0.4, -0.2) is 33.5 Å². The summed E-state index contributed by atoms with van der Waals surface area (Å²) >= 11 is 0. The molecule has 0 radical (unpaired) electrons. The fourth-order valence-corrected chi connectivity index (χ4v) is 2.80. The van der Waals surface area contributed by atoms with Crippen molar-refractivity contribution in [2.24, 2.45) is 0 Å². The topological polar surface area (TPSA) is 88.9 Å². The van der Waals surface area contributed by atoms with Crippen LogP contribution in [0.15, 0.2) is 47.7 Å². The summed E-state index contributed by atoms with van der Waals surface area (Å²) in [6.07, 6.45) is 4.16. The second-order valence-electron chi connectivity index (χ2n) is 6.24. The van der Waals surface area contributed by atoms with Gasteiger partial charge in [0.1, 0.15) is 5.82 Å². The first-order valence-corrected chi connectivity index (χ1v) is 9.08. The van der Waals surface area contributed by atoms with Crippen molar-refractivity contribution >= 4 is 22.6 Å². The molecule has 27 heavy (non-hydrogen) atoms. The monoisotopic (exact) mass is 365 g/mol. The van der Waals surface area contributed by atoms with Crippen LogP contribution in [0.4, 0.5) is 5.82 Å². The molecule has 0 aliphatic carbocycles. The molecule has 3 aromatic rings. The number of aryl methyl sites for hydroxylation is 1. The molecule has 0 saturated heterocycles. The number of rotatable bonds is 7. The predicted octanol–water partition coefficient (Wildman–Crippen LogP) is 2.42. The van der Waals surface area contributed by atoms with Gasteiger partial charge in [-0.15, -0.1) is 0 Å². The summed E-state index contributed by atoms with van der Waals surface area (Å²) in [6.45, 7) is 5.60. The van der Waals surface area contributed by atoms with E-state index in [4.69, 9.17) is 0 Å². The van der Waals surface area contributed by atoms with E-state index in [1.165, 1.54) is 0 Å². The molecule has 2 aromatic heterocycles. The van der Waals surface area contributed by atoms with E-state index < -0.39 is 0 Å². The van der Waals surface area contributed by atoms with E-state index in [2.05, 4.69) is 20.6 Å². The largest absolute Gasteiger partial charge is 0.310 e. The summed E-state index contributed by atoms with van der Waals surface area (Å²) in [5.74, 6) is 0.361. The number of carbonyl (C=O) groups excluding carboxylic acids is 1. The standard InChI is InChI=1S/C20H23N5O2/c1-3-9-25-13-23-17-7-5-14(10-16(17)20(25)27)15-6-8-18(22-11-15)24-19(26)12-21-4-2/h5-8,10-11,13,21H,3-4,9,12H2,1-2H3,(H,22,24,26). The van der Waals surface area contributed by atoms with Crippen LogP contribution in [0.25, 0.3) is 22.0 Å². The highest BCUT2D eigenvalue weighted by atomic mass is 16.2. The minimum atomic E-state index is -0.134. The summed E-state index contributed by atoms with van der Waals surface area (Å²) in [5.41, 5.74) is 2.39. The number of nitrogens with zero attached hydrogens (tertiary/aromatic N) is 3. The first-order valence-electron chi connectivity index (χ1n) is 9.08. The first-order chi connectivity index (χ1) is 13.1. The van der Waals surface area contributed by atoms with Crippen LogP contribution in [0.3, 0.4) is 0 Å². The van der Waals surface area contributed by atoms with E-state index in [9.17, 15) is 9.59 Å². The highest BCUT2D eigenvalue weighted by Crippen LogP contribution is 2.22. The Kier molecular flexibility index (Phi) is 5.93. The maximum Gasteiger partial charge on any atom is 0.261 e. The fourth-order valence-electron chi connectivity index (χ4n) is 2.80. The number of benzene rings is 1. The Morgan fingerprint density at radius 3 is 2.63 bits per heavy atom. The van der Waals surface area contributed by atoms with Crippen molar-refractivity contribution in [3.63, 3.8) is 0 Å². The Bertz CT molecular complexity index is 995. The molecule has 0 aliphatic rings. The van der Waals surface area contributed by atoms with Crippen LogP contribution < -0.4 is 16.2 Å². The Morgan fingerprint density at radius 1 is 1.11 bits per heavy atom. The second kappa shape index (κ2) is 8.55. The maximum absolute atomic E-state index is 12.6. The summed E-state index contributed by atoms with van der Waals surface area (Å²) in [6, 6.07) is 9.23. The number of carbonyl (C=O) groups is 1. The van der Waals surface area contributed by atoms with Crippen LogP contribution in [0.2, 0.25) is 0 Å². The Morgan fingerprint density at radius 2 is 1.93 bits per heavy atom. The number of fused-ring (bicyclic) bond motifs is 1. The average Bonchev–Trinajstić information content (AvgIpc) is 2.69. The molecule has 1 aromatic carbocycles. The van der Waals surface area contributed by atoms with Gasteiger partial charge >= 0.3 is 0 Å². The molecule has 2 N–H and O–H groups in total. The van der Waals surface area contributed by atoms with Gasteiger partial charge in [-0.3, -0.25) is 14.2 Å². The predicted molar refractivity (Wildman–Crippen MR) is 107 cm³/mol. The Balaban J connectivity index is 1.85. The van der Waals surface area contributed by atoms with E-state index in [0.29, 0.717) is 23.3 Å². The molecule has 0 aliphatic heterocycles.